The van der Waals surface area contributed by atoms with Gasteiger partial charge in [0.2, 0.25) is 11.7 Å². The van der Waals surface area contributed by atoms with Gasteiger partial charge in [-0.25, -0.2) is 4.98 Å². The molecule has 0 bridgehead atoms. The highest BCUT2D eigenvalue weighted by Gasteiger charge is 2.14. The number of anilines is 3. The van der Waals surface area contributed by atoms with Crippen molar-refractivity contribution in [1.29, 1.82) is 0 Å². The molecule has 0 aliphatic carbocycles. The van der Waals surface area contributed by atoms with E-state index in [4.69, 9.17) is 14.2 Å². The van der Waals surface area contributed by atoms with Gasteiger partial charge in [-0.15, -0.1) is 0 Å². The molecule has 0 aliphatic heterocycles. The maximum absolute atomic E-state index is 5.43. The number of ether oxygens (including phenoxy) is 3. The fourth-order valence-corrected chi connectivity index (χ4v) is 2.89. The summed E-state index contributed by atoms with van der Waals surface area (Å²) in [6.07, 6.45) is 1.00. The molecule has 0 fully saturated rings. The SMILES string of the molecule is CCCNc1cc(-c2ccccc2)nc(Nc2cc(OC)c(OC)c(OC)c2)n1. The Hall–Kier alpha value is -3.48. The summed E-state index contributed by atoms with van der Waals surface area (Å²) in [5, 5.41) is 6.59. The molecule has 0 unspecified atom stereocenters. The van der Waals surface area contributed by atoms with Gasteiger partial charge in [-0.2, -0.15) is 4.98 Å². The fourth-order valence-electron chi connectivity index (χ4n) is 2.89. The molecule has 3 aromatic rings. The number of aromatic nitrogens is 2. The minimum Gasteiger partial charge on any atom is -0.493 e. The Balaban J connectivity index is 1.99. The lowest BCUT2D eigenvalue weighted by molar-refractivity contribution is 0.324. The molecule has 0 amide bonds. The van der Waals surface area contributed by atoms with Gasteiger partial charge < -0.3 is 24.8 Å². The summed E-state index contributed by atoms with van der Waals surface area (Å²) in [5.74, 6) is 2.87. The van der Waals surface area contributed by atoms with E-state index < -0.39 is 0 Å². The van der Waals surface area contributed by atoms with Crippen LogP contribution in [0, 0.1) is 0 Å². The molecule has 0 atom stereocenters. The summed E-state index contributed by atoms with van der Waals surface area (Å²) in [7, 11) is 4.74. The second-order valence-corrected chi connectivity index (χ2v) is 6.29. The molecule has 2 aromatic carbocycles. The quantitative estimate of drug-likeness (QED) is 0.543. The van der Waals surface area contributed by atoms with Crippen LogP contribution in [0.3, 0.4) is 0 Å². The van der Waals surface area contributed by atoms with Crippen molar-refractivity contribution in [2.75, 3.05) is 38.5 Å². The number of nitrogens with one attached hydrogen (secondary N) is 2. The zero-order chi connectivity index (χ0) is 20.6. The van der Waals surface area contributed by atoms with Crippen LogP contribution in [0.25, 0.3) is 11.3 Å². The van der Waals surface area contributed by atoms with E-state index in [0.29, 0.717) is 23.2 Å². The minimum absolute atomic E-state index is 0.472. The maximum Gasteiger partial charge on any atom is 0.229 e. The molecule has 2 N–H and O–H groups in total. The van der Waals surface area contributed by atoms with E-state index in [2.05, 4.69) is 27.5 Å². The van der Waals surface area contributed by atoms with E-state index in [1.54, 1.807) is 21.3 Å². The molecule has 7 heteroatoms. The highest BCUT2D eigenvalue weighted by Crippen LogP contribution is 2.40. The number of hydrogen-bond acceptors (Lipinski definition) is 7. The Morgan fingerprint density at radius 2 is 1.55 bits per heavy atom. The van der Waals surface area contributed by atoms with Crippen molar-refractivity contribution in [3.8, 4) is 28.5 Å². The van der Waals surface area contributed by atoms with Gasteiger partial charge in [0.1, 0.15) is 5.82 Å². The molecule has 1 aromatic heterocycles. The van der Waals surface area contributed by atoms with Crippen LogP contribution >= 0.6 is 0 Å². The molecule has 7 nitrogen and oxygen atoms in total. The van der Waals surface area contributed by atoms with Crippen molar-refractivity contribution >= 4 is 17.5 Å². The fraction of sp³-hybridized carbons (Fsp3) is 0.273. The molecule has 0 radical (unpaired) electrons. The Kier molecular flexibility index (Phi) is 6.73. The van der Waals surface area contributed by atoms with Gasteiger partial charge in [-0.1, -0.05) is 37.3 Å². The number of hydrogen-bond donors (Lipinski definition) is 2. The van der Waals surface area contributed by atoms with Crippen LogP contribution in [-0.4, -0.2) is 37.8 Å². The highest BCUT2D eigenvalue weighted by atomic mass is 16.5. The largest absolute Gasteiger partial charge is 0.493 e. The summed E-state index contributed by atoms with van der Waals surface area (Å²) < 4.78 is 16.2. The number of benzene rings is 2. The summed E-state index contributed by atoms with van der Waals surface area (Å²) in [4.78, 5) is 9.28. The average Bonchev–Trinajstić information content (AvgIpc) is 2.77. The standard InChI is InChI=1S/C22H26N4O3/c1-5-11-23-20-14-17(15-9-7-6-8-10-15)25-22(26-20)24-16-12-18(27-2)21(29-4)19(13-16)28-3/h6-10,12-14H,5,11H2,1-4H3,(H2,23,24,25,26). The van der Waals surface area contributed by atoms with Gasteiger partial charge in [-0.05, 0) is 6.42 Å². The third-order valence-corrected chi connectivity index (χ3v) is 4.27. The summed E-state index contributed by atoms with van der Waals surface area (Å²) in [6, 6.07) is 15.6. The van der Waals surface area contributed by atoms with Crippen LogP contribution in [0.2, 0.25) is 0 Å². The van der Waals surface area contributed by atoms with Crippen molar-refractivity contribution in [2.24, 2.45) is 0 Å². The zero-order valence-electron chi connectivity index (χ0n) is 17.2. The van der Waals surface area contributed by atoms with Crippen LogP contribution in [0.5, 0.6) is 17.2 Å². The van der Waals surface area contributed by atoms with Crippen LogP contribution in [0.4, 0.5) is 17.5 Å². The van der Waals surface area contributed by atoms with Gasteiger partial charge in [0.25, 0.3) is 0 Å². The molecule has 152 valence electrons. The molecular formula is C22H26N4O3. The third-order valence-electron chi connectivity index (χ3n) is 4.27. The van der Waals surface area contributed by atoms with E-state index in [9.17, 15) is 0 Å². The summed E-state index contributed by atoms with van der Waals surface area (Å²) in [6.45, 7) is 2.94. The topological polar surface area (TPSA) is 77.5 Å². The van der Waals surface area contributed by atoms with Gasteiger partial charge in [0.15, 0.2) is 11.5 Å². The Labute approximate surface area is 171 Å². The molecule has 0 aliphatic rings. The van der Waals surface area contributed by atoms with Crippen LogP contribution in [0.1, 0.15) is 13.3 Å². The third kappa shape index (κ3) is 4.87. The monoisotopic (exact) mass is 394 g/mol. The van der Waals surface area contributed by atoms with Crippen molar-refractivity contribution in [2.45, 2.75) is 13.3 Å². The lowest BCUT2D eigenvalue weighted by Crippen LogP contribution is -2.06. The lowest BCUT2D eigenvalue weighted by atomic mass is 10.1. The highest BCUT2D eigenvalue weighted by molar-refractivity contribution is 5.69. The van der Waals surface area contributed by atoms with Crippen molar-refractivity contribution in [3.05, 3.63) is 48.5 Å². The van der Waals surface area contributed by atoms with Crippen LogP contribution in [0.15, 0.2) is 48.5 Å². The van der Waals surface area contributed by atoms with Crippen molar-refractivity contribution in [1.82, 2.24) is 9.97 Å². The number of nitrogens with zero attached hydrogens (tertiary/aromatic N) is 2. The van der Waals surface area contributed by atoms with Gasteiger partial charge >= 0.3 is 0 Å². The normalized spacial score (nSPS) is 10.3. The first-order valence-electron chi connectivity index (χ1n) is 9.43. The average molecular weight is 394 g/mol. The second-order valence-electron chi connectivity index (χ2n) is 6.29. The number of methoxy groups -OCH3 is 3. The summed E-state index contributed by atoms with van der Waals surface area (Å²) >= 11 is 0. The first kappa shape index (κ1) is 20.3. The van der Waals surface area contributed by atoms with E-state index in [-0.39, 0.29) is 0 Å². The maximum atomic E-state index is 5.43. The number of rotatable bonds is 9. The zero-order valence-corrected chi connectivity index (χ0v) is 17.2. The van der Waals surface area contributed by atoms with Crippen LogP contribution in [-0.2, 0) is 0 Å². The van der Waals surface area contributed by atoms with Gasteiger partial charge in [-0.3, -0.25) is 0 Å². The van der Waals surface area contributed by atoms with E-state index in [1.807, 2.05) is 48.5 Å². The smallest absolute Gasteiger partial charge is 0.229 e. The Morgan fingerprint density at radius 3 is 2.14 bits per heavy atom. The van der Waals surface area contributed by atoms with Crippen molar-refractivity contribution < 1.29 is 14.2 Å². The predicted octanol–water partition coefficient (Wildman–Crippen LogP) is 4.73. The first-order valence-corrected chi connectivity index (χ1v) is 9.43. The van der Waals surface area contributed by atoms with Gasteiger partial charge in [0.05, 0.1) is 27.0 Å². The van der Waals surface area contributed by atoms with Crippen molar-refractivity contribution in [3.63, 3.8) is 0 Å². The Bertz CT molecular complexity index is 923. The first-order chi connectivity index (χ1) is 14.2. The lowest BCUT2D eigenvalue weighted by Gasteiger charge is -2.15. The van der Waals surface area contributed by atoms with E-state index in [0.717, 1.165) is 35.7 Å². The molecule has 29 heavy (non-hydrogen) atoms. The molecule has 0 spiro atoms. The minimum atomic E-state index is 0.472. The summed E-state index contributed by atoms with van der Waals surface area (Å²) in [5.41, 5.74) is 2.57. The second kappa shape index (κ2) is 9.64. The predicted molar refractivity (Wildman–Crippen MR) is 116 cm³/mol. The van der Waals surface area contributed by atoms with Crippen LogP contribution < -0.4 is 24.8 Å². The Morgan fingerprint density at radius 1 is 0.862 bits per heavy atom. The van der Waals surface area contributed by atoms with E-state index >= 15 is 0 Å². The molecule has 0 saturated carbocycles. The van der Waals surface area contributed by atoms with E-state index in [1.165, 1.54) is 0 Å². The molecule has 3 rings (SSSR count). The molecule has 0 saturated heterocycles. The molecule has 1 heterocycles. The molecular weight excluding hydrogens is 368 g/mol. The van der Waals surface area contributed by atoms with Gasteiger partial charge in [0, 0.05) is 36.0 Å².